The summed E-state index contributed by atoms with van der Waals surface area (Å²) in [6.07, 6.45) is 0.600. The van der Waals surface area contributed by atoms with Gasteiger partial charge in [-0.3, -0.25) is 9.69 Å². The molecule has 0 aliphatic carbocycles. The fraction of sp³-hybridized carbons (Fsp3) is 0.200. The van der Waals surface area contributed by atoms with Gasteiger partial charge in [0.2, 0.25) is 0 Å². The van der Waals surface area contributed by atoms with Crippen molar-refractivity contribution in [2.75, 3.05) is 4.90 Å². The molecule has 2 N–H and O–H groups in total. The Balaban J connectivity index is 1.38. The van der Waals surface area contributed by atoms with Crippen molar-refractivity contribution >= 4 is 29.2 Å². The third-order valence-electron chi connectivity index (χ3n) is 5.91. The second kappa shape index (κ2) is 7.88. The Hall–Kier alpha value is -3.51. The number of nitrogens with zero attached hydrogens (tertiary/aromatic N) is 1. The highest BCUT2D eigenvalue weighted by Crippen LogP contribution is 2.45. The molecular formula is C25H22ClN3O3. The molecule has 0 spiro atoms. The van der Waals surface area contributed by atoms with Crippen molar-refractivity contribution in [1.29, 1.82) is 0 Å². The lowest BCUT2D eigenvalue weighted by Crippen LogP contribution is -2.65. The number of hydrogen-bond acceptors (Lipinski definition) is 3. The van der Waals surface area contributed by atoms with Gasteiger partial charge in [-0.25, -0.2) is 4.79 Å². The molecule has 0 saturated carbocycles. The summed E-state index contributed by atoms with van der Waals surface area (Å²) in [4.78, 5) is 27.4. The molecular weight excluding hydrogens is 426 g/mol. The average molecular weight is 448 g/mol. The number of halogens is 1. The number of amides is 3. The van der Waals surface area contributed by atoms with E-state index in [1.165, 1.54) is 0 Å². The van der Waals surface area contributed by atoms with Crippen LogP contribution in [0.5, 0.6) is 5.75 Å². The molecule has 3 aromatic carbocycles. The average Bonchev–Trinajstić information content (AvgIpc) is 2.78. The van der Waals surface area contributed by atoms with Gasteiger partial charge in [-0.15, -0.1) is 0 Å². The van der Waals surface area contributed by atoms with E-state index in [2.05, 4.69) is 10.6 Å². The summed E-state index contributed by atoms with van der Waals surface area (Å²) in [7, 11) is 0. The van der Waals surface area contributed by atoms with Gasteiger partial charge in [0.05, 0.1) is 11.7 Å². The number of rotatable bonds is 4. The van der Waals surface area contributed by atoms with Crippen molar-refractivity contribution in [3.05, 3.63) is 94.5 Å². The Morgan fingerprint density at radius 1 is 1.16 bits per heavy atom. The molecule has 5 rings (SSSR count). The molecule has 0 unspecified atom stereocenters. The third kappa shape index (κ3) is 3.67. The minimum absolute atomic E-state index is 0.112. The van der Waals surface area contributed by atoms with E-state index < -0.39 is 5.72 Å². The fourth-order valence-corrected chi connectivity index (χ4v) is 4.51. The molecule has 2 atom stereocenters. The summed E-state index contributed by atoms with van der Waals surface area (Å²) in [5.74, 6) is 0.533. The molecule has 2 aliphatic heterocycles. The molecule has 1 saturated heterocycles. The van der Waals surface area contributed by atoms with E-state index in [0.717, 1.165) is 16.9 Å². The number of carbonyl (C=O) groups excluding carboxylic acids is 2. The predicted octanol–water partition coefficient (Wildman–Crippen LogP) is 5.04. The minimum Gasteiger partial charge on any atom is -0.467 e. The van der Waals surface area contributed by atoms with Gasteiger partial charge in [0.25, 0.3) is 5.91 Å². The van der Waals surface area contributed by atoms with E-state index in [-0.39, 0.29) is 18.0 Å². The largest absolute Gasteiger partial charge is 0.467 e. The number of ether oxygens (including phenoxy) is 1. The summed E-state index contributed by atoms with van der Waals surface area (Å²) >= 11 is 5.91. The summed E-state index contributed by atoms with van der Waals surface area (Å²) in [5.41, 5.74) is 2.13. The quantitative estimate of drug-likeness (QED) is 0.588. The maximum absolute atomic E-state index is 13.1. The highest BCUT2D eigenvalue weighted by molar-refractivity contribution is 6.30. The van der Waals surface area contributed by atoms with Crippen LogP contribution in [0.25, 0.3) is 0 Å². The highest BCUT2D eigenvalue weighted by atomic mass is 35.5. The maximum atomic E-state index is 13.1. The Kier molecular flexibility index (Phi) is 5.02. The van der Waals surface area contributed by atoms with Crippen LogP contribution in [0.3, 0.4) is 0 Å². The van der Waals surface area contributed by atoms with Gasteiger partial charge in [-0.2, -0.15) is 0 Å². The van der Waals surface area contributed by atoms with Crippen molar-refractivity contribution in [1.82, 2.24) is 10.6 Å². The van der Waals surface area contributed by atoms with Gasteiger partial charge >= 0.3 is 6.03 Å². The van der Waals surface area contributed by atoms with Gasteiger partial charge in [-0.05, 0) is 48.9 Å². The van der Waals surface area contributed by atoms with Crippen LogP contribution in [0, 0.1) is 0 Å². The summed E-state index contributed by atoms with van der Waals surface area (Å²) in [6.45, 7) is 2.28. The molecule has 2 bridgehead atoms. The van der Waals surface area contributed by atoms with E-state index in [0.29, 0.717) is 29.2 Å². The van der Waals surface area contributed by atoms with Gasteiger partial charge < -0.3 is 15.4 Å². The molecule has 7 heteroatoms. The number of nitrogens with one attached hydrogen (secondary N) is 2. The summed E-state index contributed by atoms with van der Waals surface area (Å²) in [6, 6.07) is 21.7. The lowest BCUT2D eigenvalue weighted by Gasteiger charge is -2.50. The van der Waals surface area contributed by atoms with Crippen LogP contribution in [0.4, 0.5) is 10.5 Å². The number of benzene rings is 3. The molecule has 6 nitrogen and oxygen atoms in total. The monoisotopic (exact) mass is 447 g/mol. The Morgan fingerprint density at radius 2 is 1.94 bits per heavy atom. The summed E-state index contributed by atoms with van der Waals surface area (Å²) < 4.78 is 6.30. The van der Waals surface area contributed by atoms with Crippen molar-refractivity contribution in [3.63, 3.8) is 0 Å². The molecule has 0 radical (unpaired) electrons. The smallest absolute Gasteiger partial charge is 0.325 e. The van der Waals surface area contributed by atoms with E-state index >= 15 is 0 Å². The lowest BCUT2D eigenvalue weighted by molar-refractivity contribution is 0.0378. The number of anilines is 1. The zero-order valence-electron chi connectivity index (χ0n) is 17.5. The Bertz CT molecular complexity index is 1200. The third-order valence-corrected chi connectivity index (χ3v) is 6.17. The Labute approximate surface area is 191 Å². The van der Waals surface area contributed by atoms with Crippen molar-refractivity contribution in [2.45, 2.75) is 31.7 Å². The molecule has 3 amide bonds. The normalized spacial score (nSPS) is 21.2. The zero-order valence-corrected chi connectivity index (χ0v) is 18.2. The van der Waals surface area contributed by atoms with Gasteiger partial charge in [0.15, 0.2) is 5.72 Å². The molecule has 2 heterocycles. The first-order chi connectivity index (χ1) is 15.4. The SMILES string of the molecule is C[C@@]12C[C@@H](NC(=O)N1c1cccc(C(=O)NCc3ccc(Cl)cc3)c1)c1ccccc1O2. The second-order valence-electron chi connectivity index (χ2n) is 8.22. The molecule has 32 heavy (non-hydrogen) atoms. The van der Waals surface area contributed by atoms with Gasteiger partial charge in [0, 0.05) is 29.1 Å². The van der Waals surface area contributed by atoms with Crippen LogP contribution < -0.4 is 20.3 Å². The van der Waals surface area contributed by atoms with Crippen LogP contribution in [0.15, 0.2) is 72.8 Å². The Morgan fingerprint density at radius 3 is 2.75 bits per heavy atom. The van der Waals surface area contributed by atoms with Crippen LogP contribution in [0.1, 0.15) is 40.9 Å². The number of para-hydroxylation sites is 1. The van der Waals surface area contributed by atoms with Crippen LogP contribution >= 0.6 is 11.6 Å². The first kappa shape index (κ1) is 20.4. The van der Waals surface area contributed by atoms with Crippen LogP contribution in [-0.4, -0.2) is 17.7 Å². The minimum atomic E-state index is -0.861. The molecule has 2 aliphatic rings. The summed E-state index contributed by atoms with van der Waals surface area (Å²) in [5, 5.41) is 6.63. The van der Waals surface area contributed by atoms with Crippen molar-refractivity contribution in [2.24, 2.45) is 0 Å². The number of fused-ring (bicyclic) bond motifs is 4. The molecule has 3 aromatic rings. The lowest BCUT2D eigenvalue weighted by atomic mass is 9.90. The van der Waals surface area contributed by atoms with E-state index in [9.17, 15) is 9.59 Å². The standard InChI is InChI=1S/C25H22ClN3O3/c1-25-14-21(20-7-2-3-8-22(20)32-25)28-24(31)29(25)19-6-4-5-17(13-19)23(30)27-15-16-9-11-18(26)12-10-16/h2-13,21H,14-15H2,1H3,(H,27,30)(H,28,31)/t21-,25-/m1/s1. The second-order valence-corrected chi connectivity index (χ2v) is 8.65. The van der Waals surface area contributed by atoms with Crippen molar-refractivity contribution < 1.29 is 14.3 Å². The van der Waals surface area contributed by atoms with Crippen LogP contribution in [-0.2, 0) is 6.54 Å². The number of carbonyl (C=O) groups is 2. The first-order valence-electron chi connectivity index (χ1n) is 10.4. The maximum Gasteiger partial charge on any atom is 0.325 e. The fourth-order valence-electron chi connectivity index (χ4n) is 4.39. The molecule has 0 aromatic heterocycles. The van der Waals surface area contributed by atoms with Gasteiger partial charge in [-0.1, -0.05) is 48.0 Å². The van der Waals surface area contributed by atoms with E-state index in [4.69, 9.17) is 16.3 Å². The first-order valence-corrected chi connectivity index (χ1v) is 10.8. The van der Waals surface area contributed by atoms with Gasteiger partial charge in [0.1, 0.15) is 5.75 Å². The predicted molar refractivity (Wildman–Crippen MR) is 123 cm³/mol. The topological polar surface area (TPSA) is 70.7 Å². The van der Waals surface area contributed by atoms with Crippen LogP contribution in [0.2, 0.25) is 5.02 Å². The molecule has 1 fully saturated rings. The number of urea groups is 1. The van der Waals surface area contributed by atoms with Crippen molar-refractivity contribution in [3.8, 4) is 5.75 Å². The number of hydrogen-bond donors (Lipinski definition) is 2. The molecule has 162 valence electrons. The van der Waals surface area contributed by atoms with E-state index in [1.807, 2.05) is 49.4 Å². The zero-order chi connectivity index (χ0) is 22.3. The van der Waals surface area contributed by atoms with E-state index in [1.54, 1.807) is 35.2 Å². The highest BCUT2D eigenvalue weighted by Gasteiger charge is 2.49.